The molecule has 0 spiro atoms. The number of hydrogen-bond acceptors (Lipinski definition) is 6. The Morgan fingerprint density at radius 2 is 1.93 bits per heavy atom. The summed E-state index contributed by atoms with van der Waals surface area (Å²) in [5.74, 6) is 0.240. The highest BCUT2D eigenvalue weighted by molar-refractivity contribution is 7.17. The third-order valence-electron chi connectivity index (χ3n) is 4.28. The smallest absolute Gasteiger partial charge is 0.338 e. The average Bonchev–Trinajstić information content (AvgIpc) is 3.14. The van der Waals surface area contributed by atoms with Gasteiger partial charge in [-0.25, -0.2) is 9.97 Å². The van der Waals surface area contributed by atoms with E-state index in [4.69, 9.17) is 11.6 Å². The van der Waals surface area contributed by atoms with E-state index in [1.54, 1.807) is 17.5 Å². The van der Waals surface area contributed by atoms with E-state index in [0.29, 0.717) is 21.3 Å². The van der Waals surface area contributed by atoms with Crippen molar-refractivity contribution in [2.75, 3.05) is 5.32 Å². The van der Waals surface area contributed by atoms with Gasteiger partial charge in [-0.2, -0.15) is 13.2 Å². The van der Waals surface area contributed by atoms with Crippen molar-refractivity contribution in [1.29, 1.82) is 0 Å². The summed E-state index contributed by atoms with van der Waals surface area (Å²) in [4.78, 5) is 19.5. The van der Waals surface area contributed by atoms with Gasteiger partial charge in [0, 0.05) is 23.1 Å². The van der Waals surface area contributed by atoms with E-state index >= 15 is 0 Å². The van der Waals surface area contributed by atoms with Crippen LogP contribution < -0.4 is 5.32 Å². The van der Waals surface area contributed by atoms with Crippen LogP contribution in [-0.4, -0.2) is 14.9 Å². The van der Waals surface area contributed by atoms with Crippen molar-refractivity contribution in [3.05, 3.63) is 74.9 Å². The van der Waals surface area contributed by atoms with E-state index in [-0.39, 0.29) is 22.2 Å². The molecule has 4 rings (SSSR count). The number of fused-ring (bicyclic) bond motifs is 1. The summed E-state index contributed by atoms with van der Waals surface area (Å²) in [5.41, 5.74) is 0.263. The minimum atomic E-state index is -4.53. The van der Waals surface area contributed by atoms with Crippen molar-refractivity contribution in [3.63, 3.8) is 0 Å². The minimum Gasteiger partial charge on any atom is -0.338 e. The van der Waals surface area contributed by atoms with Gasteiger partial charge in [0.2, 0.25) is 0 Å². The number of nitro benzene ring substituents is 1. The molecule has 0 aliphatic rings. The molecule has 0 radical (unpaired) electrons. The summed E-state index contributed by atoms with van der Waals surface area (Å²) < 4.78 is 39.2. The molecule has 6 nitrogen and oxygen atoms in total. The molecule has 30 heavy (non-hydrogen) atoms. The lowest BCUT2D eigenvalue weighted by Gasteiger charge is -2.13. The Labute approximate surface area is 176 Å². The van der Waals surface area contributed by atoms with Gasteiger partial charge >= 0.3 is 6.18 Å². The molecule has 1 N–H and O–H groups in total. The van der Waals surface area contributed by atoms with Crippen LogP contribution in [0.1, 0.15) is 5.56 Å². The first-order chi connectivity index (χ1) is 14.2. The van der Waals surface area contributed by atoms with Gasteiger partial charge in [-0.1, -0.05) is 23.7 Å². The SMILES string of the molecule is O=[N+]([O-])c1cccc(-c2csc3ncnc(Nc4cc(C(F)(F)F)ccc4Cl)c23)c1. The topological polar surface area (TPSA) is 81.0 Å². The number of nitrogens with zero attached hydrogens (tertiary/aromatic N) is 3. The lowest BCUT2D eigenvalue weighted by Crippen LogP contribution is -2.06. The Hall–Kier alpha value is -3.24. The van der Waals surface area contributed by atoms with E-state index in [0.717, 1.165) is 18.2 Å². The third kappa shape index (κ3) is 3.79. The normalized spacial score (nSPS) is 11.6. The van der Waals surface area contributed by atoms with Crippen molar-refractivity contribution in [2.45, 2.75) is 6.18 Å². The van der Waals surface area contributed by atoms with Crippen LogP contribution in [0.15, 0.2) is 54.2 Å². The van der Waals surface area contributed by atoms with Gasteiger partial charge in [0.25, 0.3) is 5.69 Å². The Morgan fingerprint density at radius 3 is 2.67 bits per heavy atom. The predicted octanol–water partition coefficient (Wildman–Crippen LogP) is 6.68. The summed E-state index contributed by atoms with van der Waals surface area (Å²) >= 11 is 7.37. The number of aromatic nitrogens is 2. The van der Waals surface area contributed by atoms with Crippen LogP contribution in [-0.2, 0) is 6.18 Å². The Bertz CT molecular complexity index is 1280. The summed E-state index contributed by atoms with van der Waals surface area (Å²) in [6, 6.07) is 8.98. The Morgan fingerprint density at radius 1 is 1.13 bits per heavy atom. The fraction of sp³-hybridized carbons (Fsp3) is 0.0526. The molecule has 0 saturated heterocycles. The highest BCUT2D eigenvalue weighted by atomic mass is 35.5. The molecule has 0 saturated carbocycles. The molecule has 152 valence electrons. The molecule has 0 aliphatic heterocycles. The monoisotopic (exact) mass is 450 g/mol. The molecule has 4 aromatic rings. The number of rotatable bonds is 4. The number of alkyl halides is 3. The summed E-state index contributed by atoms with van der Waals surface area (Å²) in [5, 5.41) is 16.3. The first-order valence-electron chi connectivity index (χ1n) is 8.35. The maximum absolute atomic E-state index is 13.1. The molecular formula is C19H10ClF3N4O2S. The Balaban J connectivity index is 1.83. The maximum Gasteiger partial charge on any atom is 0.416 e. The molecule has 0 bridgehead atoms. The fourth-order valence-corrected chi connectivity index (χ4v) is 3.98. The van der Waals surface area contributed by atoms with Gasteiger partial charge in [0.05, 0.1) is 26.6 Å². The fourth-order valence-electron chi connectivity index (χ4n) is 2.89. The van der Waals surface area contributed by atoms with E-state index < -0.39 is 16.7 Å². The Kier molecular flexibility index (Phi) is 5.04. The first-order valence-corrected chi connectivity index (χ1v) is 9.60. The van der Waals surface area contributed by atoms with Crippen molar-refractivity contribution in [3.8, 4) is 11.1 Å². The lowest BCUT2D eigenvalue weighted by atomic mass is 10.1. The largest absolute Gasteiger partial charge is 0.416 e. The zero-order valence-electron chi connectivity index (χ0n) is 14.8. The molecule has 0 aliphatic carbocycles. The molecule has 0 fully saturated rings. The standard InChI is InChI=1S/C19H10ClF3N4O2S/c20-14-5-4-11(19(21,22)23)7-15(14)26-17-16-13(8-30-18(16)25-9-24-17)10-2-1-3-12(6-10)27(28)29/h1-9H,(H,24,25,26). The number of non-ortho nitro benzene ring substituents is 1. The molecule has 0 unspecified atom stereocenters. The maximum atomic E-state index is 13.1. The second-order valence-electron chi connectivity index (χ2n) is 6.18. The highest BCUT2D eigenvalue weighted by Crippen LogP contribution is 2.40. The number of nitrogens with one attached hydrogen (secondary N) is 1. The van der Waals surface area contributed by atoms with E-state index in [2.05, 4.69) is 15.3 Å². The van der Waals surface area contributed by atoms with Crippen LogP contribution in [0.5, 0.6) is 0 Å². The summed E-state index contributed by atoms with van der Waals surface area (Å²) in [6.07, 6.45) is -3.25. The highest BCUT2D eigenvalue weighted by Gasteiger charge is 2.31. The van der Waals surface area contributed by atoms with Crippen LogP contribution in [0.25, 0.3) is 21.3 Å². The quantitative estimate of drug-likeness (QED) is 0.277. The molecular weight excluding hydrogens is 441 g/mol. The van der Waals surface area contributed by atoms with Crippen molar-refractivity contribution in [1.82, 2.24) is 9.97 Å². The van der Waals surface area contributed by atoms with Crippen molar-refractivity contribution in [2.24, 2.45) is 0 Å². The van der Waals surface area contributed by atoms with Gasteiger partial charge in [0.1, 0.15) is 17.0 Å². The molecule has 2 aromatic carbocycles. The van der Waals surface area contributed by atoms with E-state index in [1.165, 1.54) is 29.8 Å². The van der Waals surface area contributed by atoms with Crippen LogP contribution in [0.4, 0.5) is 30.4 Å². The van der Waals surface area contributed by atoms with Gasteiger partial charge < -0.3 is 5.32 Å². The first kappa shape index (κ1) is 20.0. The molecule has 0 atom stereocenters. The van der Waals surface area contributed by atoms with Crippen LogP contribution in [0.2, 0.25) is 5.02 Å². The number of halogens is 4. The molecule has 2 aromatic heterocycles. The van der Waals surface area contributed by atoms with Crippen LogP contribution in [0, 0.1) is 10.1 Å². The van der Waals surface area contributed by atoms with Crippen molar-refractivity contribution >= 4 is 50.3 Å². The lowest BCUT2D eigenvalue weighted by molar-refractivity contribution is -0.384. The second kappa shape index (κ2) is 7.54. The zero-order chi connectivity index (χ0) is 21.5. The average molecular weight is 451 g/mol. The van der Waals surface area contributed by atoms with Crippen LogP contribution in [0.3, 0.4) is 0 Å². The summed E-state index contributed by atoms with van der Waals surface area (Å²) in [6.45, 7) is 0. The van der Waals surface area contributed by atoms with Crippen molar-refractivity contribution < 1.29 is 18.1 Å². The van der Waals surface area contributed by atoms with Gasteiger partial charge in [-0.3, -0.25) is 10.1 Å². The number of benzene rings is 2. The van der Waals surface area contributed by atoms with E-state index in [1.807, 2.05) is 0 Å². The number of hydrogen-bond donors (Lipinski definition) is 1. The van der Waals surface area contributed by atoms with Gasteiger partial charge in [0.15, 0.2) is 0 Å². The van der Waals surface area contributed by atoms with E-state index in [9.17, 15) is 23.3 Å². The summed E-state index contributed by atoms with van der Waals surface area (Å²) in [7, 11) is 0. The molecule has 0 amide bonds. The second-order valence-corrected chi connectivity index (χ2v) is 7.44. The van der Waals surface area contributed by atoms with Gasteiger partial charge in [-0.05, 0) is 23.8 Å². The minimum absolute atomic E-state index is 0.0303. The molecule has 2 heterocycles. The van der Waals surface area contributed by atoms with Gasteiger partial charge in [-0.15, -0.1) is 11.3 Å². The number of anilines is 2. The zero-order valence-corrected chi connectivity index (χ0v) is 16.3. The number of thiophene rings is 1. The predicted molar refractivity (Wildman–Crippen MR) is 109 cm³/mol. The number of nitro groups is 1. The third-order valence-corrected chi connectivity index (χ3v) is 5.50. The molecule has 11 heteroatoms. The van der Waals surface area contributed by atoms with Crippen LogP contribution >= 0.6 is 22.9 Å².